The Bertz CT molecular complexity index is 448. The Labute approximate surface area is 119 Å². The number of nitrogens with two attached hydrogens (primary N) is 1. The molecule has 0 spiro atoms. The average molecular weight is 264 g/mol. The van der Waals surface area contributed by atoms with Crippen LogP contribution in [0.2, 0.25) is 0 Å². The minimum absolute atomic E-state index is 0.416. The van der Waals surface area contributed by atoms with Gasteiger partial charge in [-0.15, -0.1) is 0 Å². The summed E-state index contributed by atoms with van der Waals surface area (Å²) in [4.78, 5) is 0. The molecule has 0 aliphatic heterocycles. The predicted octanol–water partition coefficient (Wildman–Crippen LogP) is 3.16. The van der Waals surface area contributed by atoms with Crippen molar-refractivity contribution in [2.45, 2.75) is 50.5 Å². The van der Waals surface area contributed by atoms with Crippen molar-refractivity contribution in [3.63, 3.8) is 0 Å². The monoisotopic (exact) mass is 264 g/mol. The molecular weight excluding hydrogens is 236 g/mol. The lowest BCUT2D eigenvalue weighted by Gasteiger charge is -2.26. The summed E-state index contributed by atoms with van der Waals surface area (Å²) in [6, 6.07) is 5.91. The van der Waals surface area contributed by atoms with Crippen LogP contribution in [0.25, 0.3) is 0 Å². The van der Waals surface area contributed by atoms with Crippen molar-refractivity contribution in [1.82, 2.24) is 0 Å². The van der Waals surface area contributed by atoms with E-state index in [9.17, 15) is 5.11 Å². The standard InChI is InChI=1S/C16H26N2O/c1-18-16-13(12-6-3-2-4-7-12)8-5-9-14(16)15(19)10-11-17/h5,8-9,12,15,18-19H,2-4,6-7,10-11,17H2,1H3/i1D2. The second-order valence-corrected chi connectivity index (χ2v) is 5.38. The van der Waals surface area contributed by atoms with Crippen LogP contribution in [0.15, 0.2) is 18.2 Å². The van der Waals surface area contributed by atoms with Crippen LogP contribution >= 0.6 is 0 Å². The van der Waals surface area contributed by atoms with Crippen molar-refractivity contribution in [2.75, 3.05) is 18.9 Å². The Kier molecular flexibility index (Phi) is 4.28. The minimum atomic E-state index is -1.14. The molecule has 0 amide bonds. The van der Waals surface area contributed by atoms with Crippen LogP contribution < -0.4 is 11.1 Å². The van der Waals surface area contributed by atoms with E-state index in [1.807, 2.05) is 12.1 Å². The van der Waals surface area contributed by atoms with Crippen LogP contribution in [-0.4, -0.2) is 18.7 Å². The van der Waals surface area contributed by atoms with Gasteiger partial charge in [0.25, 0.3) is 0 Å². The van der Waals surface area contributed by atoms with Gasteiger partial charge >= 0.3 is 0 Å². The maximum Gasteiger partial charge on any atom is 0.0822 e. The molecule has 1 atom stereocenters. The zero-order valence-corrected chi connectivity index (χ0v) is 11.4. The number of aliphatic hydroxyl groups is 1. The summed E-state index contributed by atoms with van der Waals surface area (Å²) in [5.41, 5.74) is 8.24. The summed E-state index contributed by atoms with van der Waals surface area (Å²) >= 11 is 0. The van der Waals surface area contributed by atoms with E-state index in [0.29, 0.717) is 18.9 Å². The van der Waals surface area contributed by atoms with Gasteiger partial charge < -0.3 is 16.2 Å². The van der Waals surface area contributed by atoms with Crippen molar-refractivity contribution in [2.24, 2.45) is 5.73 Å². The Morgan fingerprint density at radius 2 is 2.21 bits per heavy atom. The van der Waals surface area contributed by atoms with Crippen LogP contribution in [0.4, 0.5) is 5.69 Å². The Hall–Kier alpha value is -1.06. The number of hydrogen-bond donors (Lipinski definition) is 3. The Balaban J connectivity index is 2.35. The van der Waals surface area contributed by atoms with Gasteiger partial charge in [-0.3, -0.25) is 0 Å². The highest BCUT2D eigenvalue weighted by Gasteiger charge is 2.21. The van der Waals surface area contributed by atoms with Gasteiger partial charge in [0.05, 0.1) is 6.10 Å². The lowest BCUT2D eigenvalue weighted by molar-refractivity contribution is 0.171. The third kappa shape index (κ3) is 3.28. The third-order valence-corrected chi connectivity index (χ3v) is 4.12. The molecule has 1 aromatic carbocycles. The Morgan fingerprint density at radius 1 is 1.42 bits per heavy atom. The molecule has 1 aliphatic rings. The van der Waals surface area contributed by atoms with Crippen molar-refractivity contribution < 1.29 is 7.85 Å². The lowest BCUT2D eigenvalue weighted by Crippen LogP contribution is -2.12. The molecule has 3 nitrogen and oxygen atoms in total. The summed E-state index contributed by atoms with van der Waals surface area (Å²) in [6.07, 6.45) is 5.88. The maximum atomic E-state index is 10.3. The summed E-state index contributed by atoms with van der Waals surface area (Å²) in [5, 5.41) is 13.2. The fourth-order valence-electron chi connectivity index (χ4n) is 3.10. The van der Waals surface area contributed by atoms with Crippen LogP contribution in [0, 0.1) is 0 Å². The molecule has 0 aromatic heterocycles. The number of benzene rings is 1. The molecule has 0 heterocycles. The molecule has 4 N–H and O–H groups in total. The normalized spacial score (nSPS) is 19.9. The van der Waals surface area contributed by atoms with Gasteiger partial charge in [-0.25, -0.2) is 0 Å². The molecule has 106 valence electrons. The number of hydrogen-bond acceptors (Lipinski definition) is 3. The van der Waals surface area contributed by atoms with Gasteiger partial charge in [0.15, 0.2) is 0 Å². The van der Waals surface area contributed by atoms with Crippen molar-refractivity contribution in [3.05, 3.63) is 29.3 Å². The van der Waals surface area contributed by atoms with Crippen molar-refractivity contribution in [3.8, 4) is 0 Å². The van der Waals surface area contributed by atoms with E-state index in [0.717, 1.165) is 29.7 Å². The second-order valence-electron chi connectivity index (χ2n) is 5.38. The van der Waals surface area contributed by atoms with E-state index in [-0.39, 0.29) is 0 Å². The van der Waals surface area contributed by atoms with E-state index in [2.05, 4.69) is 11.4 Å². The molecule has 1 aromatic rings. The van der Waals surface area contributed by atoms with E-state index in [1.165, 1.54) is 19.3 Å². The topological polar surface area (TPSA) is 58.3 Å². The highest BCUT2D eigenvalue weighted by Crippen LogP contribution is 2.39. The van der Waals surface area contributed by atoms with E-state index < -0.39 is 13.1 Å². The van der Waals surface area contributed by atoms with Gasteiger partial charge in [0.2, 0.25) is 0 Å². The molecule has 0 saturated heterocycles. The van der Waals surface area contributed by atoms with Crippen molar-refractivity contribution >= 4 is 5.69 Å². The van der Waals surface area contributed by atoms with Crippen LogP contribution in [-0.2, 0) is 0 Å². The van der Waals surface area contributed by atoms with Gasteiger partial charge in [0, 0.05) is 21.0 Å². The molecule has 1 fully saturated rings. The first-order valence-electron chi connectivity index (χ1n) is 8.41. The highest BCUT2D eigenvalue weighted by atomic mass is 16.3. The maximum absolute atomic E-state index is 10.3. The molecule has 19 heavy (non-hydrogen) atoms. The number of rotatable bonds is 5. The molecule has 1 unspecified atom stereocenters. The Morgan fingerprint density at radius 3 is 2.89 bits per heavy atom. The first-order valence-corrected chi connectivity index (χ1v) is 7.25. The van der Waals surface area contributed by atoms with Gasteiger partial charge in [0.1, 0.15) is 0 Å². The lowest BCUT2D eigenvalue weighted by atomic mass is 9.82. The average Bonchev–Trinajstić information content (AvgIpc) is 2.48. The van der Waals surface area contributed by atoms with Crippen LogP contribution in [0.5, 0.6) is 0 Å². The van der Waals surface area contributed by atoms with Gasteiger partial charge in [-0.2, -0.15) is 0 Å². The van der Waals surface area contributed by atoms with Crippen LogP contribution in [0.1, 0.15) is 64.4 Å². The predicted molar refractivity (Wildman–Crippen MR) is 80.4 cm³/mol. The van der Waals surface area contributed by atoms with Gasteiger partial charge in [-0.1, -0.05) is 37.5 Å². The second kappa shape index (κ2) is 6.92. The number of anilines is 1. The zero-order valence-electron chi connectivity index (χ0n) is 13.4. The van der Waals surface area contributed by atoms with Gasteiger partial charge in [-0.05, 0) is 37.3 Å². The number of para-hydroxylation sites is 1. The third-order valence-electron chi connectivity index (χ3n) is 4.12. The first kappa shape index (κ1) is 11.7. The summed E-state index contributed by atoms with van der Waals surface area (Å²) in [5.74, 6) is 0.463. The summed E-state index contributed by atoms with van der Waals surface area (Å²) in [7, 11) is 0. The summed E-state index contributed by atoms with van der Waals surface area (Å²) < 4.78 is 15.0. The smallest absolute Gasteiger partial charge is 0.0822 e. The SMILES string of the molecule is [2H]C([2H])Nc1c(C(O)CCN)cccc1C1CCCCC1. The molecule has 1 aliphatic carbocycles. The molecule has 2 rings (SSSR count). The molecule has 1 saturated carbocycles. The summed E-state index contributed by atoms with van der Waals surface area (Å²) in [6.45, 7) is -0.724. The van der Waals surface area contributed by atoms with E-state index >= 15 is 0 Å². The number of aliphatic hydroxyl groups excluding tert-OH is 1. The number of nitrogens with one attached hydrogen (secondary N) is 1. The fourth-order valence-corrected chi connectivity index (χ4v) is 3.10. The van der Waals surface area contributed by atoms with Crippen LogP contribution in [0.3, 0.4) is 0 Å². The van der Waals surface area contributed by atoms with Crippen molar-refractivity contribution in [1.29, 1.82) is 0 Å². The largest absolute Gasteiger partial charge is 0.388 e. The molecule has 3 heteroatoms. The molecule has 0 radical (unpaired) electrons. The van der Waals surface area contributed by atoms with E-state index in [4.69, 9.17) is 8.48 Å². The highest BCUT2D eigenvalue weighted by molar-refractivity contribution is 5.59. The quantitative estimate of drug-likeness (QED) is 0.765. The minimum Gasteiger partial charge on any atom is -0.388 e. The molecule has 0 bridgehead atoms. The zero-order chi connectivity index (χ0) is 15.2. The van der Waals surface area contributed by atoms with E-state index in [1.54, 1.807) is 0 Å². The fraction of sp³-hybridized carbons (Fsp3) is 0.625. The molecular formula is C16H26N2O. The first-order chi connectivity index (χ1) is 10.1.